The molecule has 310 valence electrons. The first-order valence-electron chi connectivity index (χ1n) is 21.4. The van der Waals surface area contributed by atoms with E-state index in [1.165, 1.54) is 67.5 Å². The number of ether oxygens (including phenoxy) is 1. The number of pyridine rings is 1. The Kier molecular flexibility index (Phi) is 12.0. The molecule has 7 aromatic rings. The quantitative estimate of drug-likeness (QED) is 0.0729. The van der Waals surface area contributed by atoms with Crippen molar-refractivity contribution in [3.63, 3.8) is 0 Å². The zero-order chi connectivity index (χ0) is 41.0. The molecule has 4 N–H and O–H groups in total. The molecule has 2 amide bonds. The van der Waals surface area contributed by atoms with Crippen LogP contribution in [0.15, 0.2) is 96.6 Å². The molecular formula is C48H54N8O3S. The van der Waals surface area contributed by atoms with Crippen LogP contribution in [0.4, 0.5) is 5.69 Å². The molecule has 0 spiro atoms. The third-order valence-corrected chi connectivity index (χ3v) is 13.1. The largest absolute Gasteiger partial charge is 0.378 e. The van der Waals surface area contributed by atoms with Crippen molar-refractivity contribution >= 4 is 61.7 Å². The average molecular weight is 823 g/mol. The van der Waals surface area contributed by atoms with E-state index in [0.29, 0.717) is 56.1 Å². The van der Waals surface area contributed by atoms with E-state index in [2.05, 4.69) is 122 Å². The number of carbonyl (C=O) groups is 2. The number of aromatic nitrogens is 3. The zero-order valence-electron chi connectivity index (χ0n) is 34.5. The predicted octanol–water partition coefficient (Wildman–Crippen LogP) is 7.04. The Balaban J connectivity index is 0.675. The molecule has 6 heterocycles. The van der Waals surface area contributed by atoms with Crippen molar-refractivity contribution in [1.82, 2.24) is 35.4 Å². The number of hydrogen-bond acceptors (Lipinski definition) is 8. The number of rotatable bonds is 17. The van der Waals surface area contributed by atoms with Crippen molar-refractivity contribution in [3.8, 4) is 10.4 Å². The minimum Gasteiger partial charge on any atom is -0.378 e. The molecule has 11 nitrogen and oxygen atoms in total. The molecule has 60 heavy (non-hydrogen) atoms. The normalized spacial score (nSPS) is 16.3. The first kappa shape index (κ1) is 39.9. The van der Waals surface area contributed by atoms with Crippen molar-refractivity contribution in [1.29, 1.82) is 0 Å². The van der Waals surface area contributed by atoms with Gasteiger partial charge in [0.05, 0.1) is 18.8 Å². The van der Waals surface area contributed by atoms with E-state index < -0.39 is 0 Å². The van der Waals surface area contributed by atoms with E-state index in [1.807, 2.05) is 18.3 Å². The van der Waals surface area contributed by atoms with Crippen LogP contribution in [0.1, 0.15) is 46.8 Å². The Bertz CT molecular complexity index is 2620. The minimum absolute atomic E-state index is 0.122. The molecule has 2 atom stereocenters. The highest BCUT2D eigenvalue weighted by atomic mass is 32.1. The fraction of sp³-hybridized carbons (Fsp3) is 0.354. The second kappa shape index (κ2) is 18.0. The molecule has 0 saturated carbocycles. The van der Waals surface area contributed by atoms with Crippen molar-refractivity contribution < 1.29 is 14.3 Å². The van der Waals surface area contributed by atoms with Gasteiger partial charge in [0.15, 0.2) is 0 Å². The van der Waals surface area contributed by atoms with E-state index in [9.17, 15) is 9.59 Å². The molecule has 12 heteroatoms. The molecule has 0 radical (unpaired) electrons. The lowest BCUT2D eigenvalue weighted by molar-refractivity contribution is -0.121. The lowest BCUT2D eigenvalue weighted by atomic mass is 10.1. The second-order valence-corrected chi connectivity index (χ2v) is 17.2. The van der Waals surface area contributed by atoms with Gasteiger partial charge in [0.1, 0.15) is 12.2 Å². The van der Waals surface area contributed by atoms with Gasteiger partial charge in [0.2, 0.25) is 5.91 Å². The van der Waals surface area contributed by atoms with Crippen LogP contribution in [0.5, 0.6) is 0 Å². The van der Waals surface area contributed by atoms with E-state index in [4.69, 9.17) is 4.74 Å². The Morgan fingerprint density at radius 1 is 0.867 bits per heavy atom. The van der Waals surface area contributed by atoms with Crippen molar-refractivity contribution in [2.75, 3.05) is 50.8 Å². The fourth-order valence-corrected chi connectivity index (χ4v) is 9.82. The van der Waals surface area contributed by atoms with Crippen LogP contribution in [-0.2, 0) is 35.6 Å². The third kappa shape index (κ3) is 8.83. The summed E-state index contributed by atoms with van der Waals surface area (Å²) >= 11 is 1.80. The lowest BCUT2D eigenvalue weighted by Crippen LogP contribution is -2.51. The number of hydrogen-bond donors (Lipinski definition) is 4. The van der Waals surface area contributed by atoms with Crippen LogP contribution >= 0.6 is 11.3 Å². The van der Waals surface area contributed by atoms with Gasteiger partial charge in [-0.3, -0.25) is 9.59 Å². The fourth-order valence-electron chi connectivity index (χ4n) is 8.92. The van der Waals surface area contributed by atoms with Crippen LogP contribution in [-0.4, -0.2) is 84.0 Å². The highest BCUT2D eigenvalue weighted by Gasteiger charge is 2.32. The molecule has 2 saturated heterocycles. The van der Waals surface area contributed by atoms with Gasteiger partial charge in [0.25, 0.3) is 5.91 Å². The summed E-state index contributed by atoms with van der Waals surface area (Å²) in [6.07, 6.45) is 6.70. The number of carbonyl (C=O) groups excluding carboxylic acids is 2. The standard InChI is InChI=1S/C48H54N8O3S/c1-3-56-43-13-6-34(23-42(43)41-12-7-35(25-44(41)56)45-22-32(2)31-60-45)26-49-17-20-59-21-18-50-46(57)30-54-19-15-36-24-37(27-52-47(36)54)48(58)51-16-14-33-4-10-40(11-5-33)55-28-38-8-9-39(29-55)53-38/h4-7,10-13,15,19,22-25,27,31,38-39,49,53H,3,8-9,14,16-18,20-21,26,28-30H2,1-2H3,(H,50,57)(H,51,58)/t38-,39+. The summed E-state index contributed by atoms with van der Waals surface area (Å²) in [5.74, 6) is -0.279. The number of aryl methyl sites for hydroxylation is 2. The molecule has 3 aromatic carbocycles. The van der Waals surface area contributed by atoms with Gasteiger partial charge in [-0.2, -0.15) is 0 Å². The first-order chi connectivity index (χ1) is 29.4. The predicted molar refractivity (Wildman–Crippen MR) is 243 cm³/mol. The number of nitrogens with one attached hydrogen (secondary N) is 4. The van der Waals surface area contributed by atoms with Gasteiger partial charge in [-0.15, -0.1) is 11.3 Å². The average Bonchev–Trinajstić information content (AvgIpc) is 4.05. The molecule has 2 aliphatic heterocycles. The third-order valence-electron chi connectivity index (χ3n) is 12.0. The maximum absolute atomic E-state index is 13.0. The van der Waals surface area contributed by atoms with Crippen LogP contribution in [0.3, 0.4) is 0 Å². The summed E-state index contributed by atoms with van der Waals surface area (Å²) in [5, 5.41) is 18.8. The van der Waals surface area contributed by atoms with E-state index >= 15 is 0 Å². The van der Waals surface area contributed by atoms with Crippen LogP contribution in [0.2, 0.25) is 0 Å². The Hall–Kier alpha value is -5.53. The summed E-state index contributed by atoms with van der Waals surface area (Å²) in [6.45, 7) is 10.9. The van der Waals surface area contributed by atoms with Crippen LogP contribution in [0.25, 0.3) is 43.3 Å². The van der Waals surface area contributed by atoms with Gasteiger partial charge >= 0.3 is 0 Å². The minimum atomic E-state index is -0.158. The topological polar surface area (TPSA) is 117 Å². The summed E-state index contributed by atoms with van der Waals surface area (Å²) in [7, 11) is 0. The Labute approximate surface area is 355 Å². The number of benzene rings is 3. The number of piperazine rings is 1. The Morgan fingerprint density at radius 3 is 2.48 bits per heavy atom. The maximum atomic E-state index is 13.0. The van der Waals surface area contributed by atoms with Crippen LogP contribution in [0, 0.1) is 6.92 Å². The molecule has 2 bridgehead atoms. The number of nitrogens with zero attached hydrogens (tertiary/aromatic N) is 4. The zero-order valence-corrected chi connectivity index (χ0v) is 35.3. The van der Waals surface area contributed by atoms with Crippen molar-refractivity contribution in [2.45, 2.75) is 64.8 Å². The highest BCUT2D eigenvalue weighted by Crippen LogP contribution is 2.35. The van der Waals surface area contributed by atoms with E-state index in [0.717, 1.165) is 38.0 Å². The number of amides is 2. The molecule has 0 aliphatic carbocycles. The maximum Gasteiger partial charge on any atom is 0.252 e. The summed E-state index contributed by atoms with van der Waals surface area (Å²) in [4.78, 5) is 34.1. The summed E-state index contributed by atoms with van der Waals surface area (Å²) < 4.78 is 10.0. The molecule has 4 aromatic heterocycles. The number of anilines is 1. The highest BCUT2D eigenvalue weighted by molar-refractivity contribution is 7.13. The van der Waals surface area contributed by atoms with E-state index in [-0.39, 0.29) is 18.4 Å². The molecular weight excluding hydrogens is 769 g/mol. The Morgan fingerprint density at radius 2 is 1.68 bits per heavy atom. The smallest absolute Gasteiger partial charge is 0.252 e. The molecule has 9 rings (SSSR count). The SMILES string of the molecule is CCn1c2ccc(CNCCOCCNC(=O)Cn3ccc4cc(C(=O)NCCc5ccc(N6C[C@H]7CC[C@@H](C6)N7)cc5)cnc43)cc2c2ccc(-c3cc(C)cs3)cc21. The van der Waals surface area contributed by atoms with Gasteiger partial charge in [-0.25, -0.2) is 4.98 Å². The molecule has 2 aliphatic rings. The number of thiophene rings is 1. The van der Waals surface area contributed by atoms with Gasteiger partial charge in [0, 0.05) is 108 Å². The monoisotopic (exact) mass is 822 g/mol. The molecule has 2 fully saturated rings. The summed E-state index contributed by atoms with van der Waals surface area (Å²) in [5.41, 5.74) is 9.97. The number of fused-ring (bicyclic) bond motifs is 6. The van der Waals surface area contributed by atoms with Crippen molar-refractivity contribution in [2.24, 2.45) is 0 Å². The summed E-state index contributed by atoms with van der Waals surface area (Å²) in [6, 6.07) is 29.5. The van der Waals surface area contributed by atoms with Gasteiger partial charge < -0.3 is 40.0 Å². The van der Waals surface area contributed by atoms with Gasteiger partial charge in [-0.1, -0.05) is 30.3 Å². The molecule has 0 unspecified atom stereocenters. The lowest BCUT2D eigenvalue weighted by Gasteiger charge is -2.34. The second-order valence-electron chi connectivity index (χ2n) is 16.3. The van der Waals surface area contributed by atoms with E-state index in [1.54, 1.807) is 22.1 Å². The van der Waals surface area contributed by atoms with Crippen LogP contribution < -0.4 is 26.2 Å². The first-order valence-corrected chi connectivity index (χ1v) is 22.2. The van der Waals surface area contributed by atoms with Crippen molar-refractivity contribution in [3.05, 3.63) is 119 Å². The van der Waals surface area contributed by atoms with Gasteiger partial charge in [-0.05, 0) is 109 Å².